The largest absolute Gasteiger partial charge is 0.383 e. The summed E-state index contributed by atoms with van der Waals surface area (Å²) in [7, 11) is 1.84. The summed E-state index contributed by atoms with van der Waals surface area (Å²) in [4.78, 5) is 19.3. The van der Waals surface area contributed by atoms with Crippen LogP contribution < -0.4 is 11.1 Å². The molecule has 1 aliphatic rings. The van der Waals surface area contributed by atoms with Crippen LogP contribution in [0.5, 0.6) is 0 Å². The zero-order chi connectivity index (χ0) is 21.3. The fourth-order valence-corrected chi connectivity index (χ4v) is 4.27. The van der Waals surface area contributed by atoms with Gasteiger partial charge in [-0.2, -0.15) is 5.10 Å². The third kappa shape index (κ3) is 4.75. The molecule has 0 saturated carbocycles. The number of likely N-dealkylation sites (tertiary alicyclic amines) is 1. The van der Waals surface area contributed by atoms with Gasteiger partial charge in [-0.1, -0.05) is 23.2 Å². The number of pyridine rings is 1. The molecule has 0 unspecified atom stereocenters. The Kier molecular flexibility index (Phi) is 5.94. The van der Waals surface area contributed by atoms with Crippen molar-refractivity contribution in [1.29, 1.82) is 0 Å². The van der Waals surface area contributed by atoms with Crippen LogP contribution in [0.4, 0.5) is 5.82 Å². The van der Waals surface area contributed by atoms with Gasteiger partial charge in [0, 0.05) is 66.3 Å². The summed E-state index contributed by atoms with van der Waals surface area (Å²) in [5, 5.41) is 8.49. The Balaban J connectivity index is 1.41. The summed E-state index contributed by atoms with van der Waals surface area (Å²) in [6, 6.07) is 7.34. The van der Waals surface area contributed by atoms with E-state index in [1.165, 1.54) is 0 Å². The predicted octanol–water partition coefficient (Wildman–Crippen LogP) is 3.38. The van der Waals surface area contributed by atoms with Crippen molar-refractivity contribution in [3.63, 3.8) is 0 Å². The number of nitrogens with zero attached hydrogens (tertiary/aromatic N) is 4. The smallest absolute Gasteiger partial charge is 0.255 e. The first-order valence-corrected chi connectivity index (χ1v) is 10.4. The maximum absolute atomic E-state index is 12.9. The van der Waals surface area contributed by atoms with E-state index >= 15 is 0 Å². The number of carbonyl (C=O) groups excluding carboxylic acids is 1. The van der Waals surface area contributed by atoms with Crippen LogP contribution in [0.25, 0.3) is 11.1 Å². The van der Waals surface area contributed by atoms with Crippen molar-refractivity contribution in [3.8, 4) is 11.1 Å². The molecule has 7 nitrogen and oxygen atoms in total. The van der Waals surface area contributed by atoms with E-state index in [0.717, 1.165) is 42.7 Å². The van der Waals surface area contributed by atoms with Gasteiger partial charge in [0.2, 0.25) is 0 Å². The van der Waals surface area contributed by atoms with Crippen molar-refractivity contribution in [1.82, 2.24) is 25.0 Å². The molecule has 30 heavy (non-hydrogen) atoms. The fourth-order valence-electron chi connectivity index (χ4n) is 3.70. The van der Waals surface area contributed by atoms with Crippen LogP contribution in [0, 0.1) is 0 Å². The van der Waals surface area contributed by atoms with E-state index in [9.17, 15) is 4.79 Å². The van der Waals surface area contributed by atoms with Crippen LogP contribution in [-0.2, 0) is 13.6 Å². The summed E-state index contributed by atoms with van der Waals surface area (Å²) >= 11 is 12.2. The Morgan fingerprint density at radius 1 is 1.20 bits per heavy atom. The molecule has 0 spiro atoms. The van der Waals surface area contributed by atoms with Crippen LogP contribution >= 0.6 is 23.2 Å². The van der Waals surface area contributed by atoms with Gasteiger partial charge in [0.05, 0.1) is 11.8 Å². The first-order chi connectivity index (χ1) is 14.4. The highest BCUT2D eigenvalue weighted by molar-refractivity contribution is 6.34. The summed E-state index contributed by atoms with van der Waals surface area (Å²) in [6.45, 7) is 2.34. The number of amides is 1. The Morgan fingerprint density at radius 3 is 2.67 bits per heavy atom. The molecular formula is C21H22Cl2N6O. The minimum Gasteiger partial charge on any atom is -0.383 e. The third-order valence-corrected chi connectivity index (χ3v) is 5.57. The molecule has 3 heterocycles. The summed E-state index contributed by atoms with van der Waals surface area (Å²) in [5.41, 5.74) is 9.08. The van der Waals surface area contributed by atoms with Crippen molar-refractivity contribution in [2.75, 3.05) is 18.8 Å². The lowest BCUT2D eigenvalue weighted by atomic mass is 10.1. The molecule has 1 aromatic carbocycles. The Bertz CT molecular complexity index is 1060. The van der Waals surface area contributed by atoms with Gasteiger partial charge in [0.25, 0.3) is 5.91 Å². The predicted molar refractivity (Wildman–Crippen MR) is 118 cm³/mol. The lowest BCUT2D eigenvalue weighted by Crippen LogP contribution is -2.37. The number of rotatable bonds is 5. The van der Waals surface area contributed by atoms with E-state index in [4.69, 9.17) is 28.9 Å². The molecule has 1 fully saturated rings. The van der Waals surface area contributed by atoms with Crippen LogP contribution in [-0.4, -0.2) is 44.7 Å². The molecule has 2 aromatic heterocycles. The maximum Gasteiger partial charge on any atom is 0.255 e. The number of nitrogens with one attached hydrogen (secondary N) is 1. The molecule has 1 amide bonds. The number of nitrogens with two attached hydrogens (primary N) is 1. The van der Waals surface area contributed by atoms with Gasteiger partial charge in [-0.3, -0.25) is 14.4 Å². The third-order valence-electron chi connectivity index (χ3n) is 5.14. The van der Waals surface area contributed by atoms with Gasteiger partial charge in [0.15, 0.2) is 0 Å². The molecule has 9 heteroatoms. The molecule has 1 aliphatic heterocycles. The Hall–Kier alpha value is -2.61. The molecule has 1 saturated heterocycles. The van der Waals surface area contributed by atoms with Gasteiger partial charge in [-0.05, 0) is 36.2 Å². The highest BCUT2D eigenvalue weighted by atomic mass is 35.5. The van der Waals surface area contributed by atoms with Gasteiger partial charge >= 0.3 is 0 Å². The minimum absolute atomic E-state index is 0.0357. The van der Waals surface area contributed by atoms with E-state index < -0.39 is 0 Å². The van der Waals surface area contributed by atoms with E-state index in [1.54, 1.807) is 29.2 Å². The second kappa shape index (κ2) is 8.63. The number of hydrogen-bond acceptors (Lipinski definition) is 5. The zero-order valence-corrected chi connectivity index (χ0v) is 18.0. The van der Waals surface area contributed by atoms with Crippen molar-refractivity contribution in [2.24, 2.45) is 7.05 Å². The van der Waals surface area contributed by atoms with Gasteiger partial charge in [0.1, 0.15) is 5.82 Å². The summed E-state index contributed by atoms with van der Waals surface area (Å²) in [5.74, 6) is -0.00745. The quantitative estimate of drug-likeness (QED) is 0.629. The highest BCUT2D eigenvalue weighted by Crippen LogP contribution is 2.23. The number of aromatic nitrogens is 3. The Morgan fingerprint density at radius 2 is 1.97 bits per heavy atom. The van der Waals surface area contributed by atoms with Crippen LogP contribution in [0.2, 0.25) is 10.0 Å². The Labute approximate surface area is 184 Å². The minimum atomic E-state index is -0.219. The van der Waals surface area contributed by atoms with Gasteiger partial charge in [-0.25, -0.2) is 4.98 Å². The van der Waals surface area contributed by atoms with Crippen molar-refractivity contribution < 1.29 is 4.79 Å². The first-order valence-electron chi connectivity index (χ1n) is 9.60. The highest BCUT2D eigenvalue weighted by Gasteiger charge is 2.25. The first kappa shape index (κ1) is 20.7. The molecule has 4 rings (SSSR count). The number of nitrogen functional groups attached to an aromatic ring is 1. The van der Waals surface area contributed by atoms with E-state index in [0.29, 0.717) is 15.6 Å². The number of halogens is 2. The van der Waals surface area contributed by atoms with Gasteiger partial charge in [-0.15, -0.1) is 0 Å². The molecular weight excluding hydrogens is 423 g/mol. The van der Waals surface area contributed by atoms with E-state index in [2.05, 4.69) is 20.3 Å². The molecule has 3 N–H and O–H groups in total. The lowest BCUT2D eigenvalue weighted by Gasteiger charge is -2.17. The normalized spacial score (nSPS) is 16.7. The number of benzene rings is 1. The van der Waals surface area contributed by atoms with Crippen molar-refractivity contribution in [2.45, 2.75) is 19.0 Å². The lowest BCUT2D eigenvalue weighted by molar-refractivity contribution is 0.0938. The fraction of sp³-hybridized carbons (Fsp3) is 0.286. The molecule has 0 radical (unpaired) electrons. The average molecular weight is 445 g/mol. The SMILES string of the molecule is Cn1cc(-c2cnc(N)c(C(=O)N[C@@H]3CCN(Cc4cc(Cl)cc(Cl)c4)C3)c2)cn1. The second-order valence-corrected chi connectivity index (χ2v) is 8.40. The maximum atomic E-state index is 12.9. The van der Waals surface area contributed by atoms with Crippen LogP contribution in [0.15, 0.2) is 42.9 Å². The zero-order valence-electron chi connectivity index (χ0n) is 16.5. The van der Waals surface area contributed by atoms with E-state index in [-0.39, 0.29) is 17.8 Å². The topological polar surface area (TPSA) is 89.1 Å². The second-order valence-electron chi connectivity index (χ2n) is 7.53. The number of hydrogen-bond donors (Lipinski definition) is 2. The van der Waals surface area contributed by atoms with Crippen LogP contribution in [0.3, 0.4) is 0 Å². The molecule has 156 valence electrons. The van der Waals surface area contributed by atoms with Crippen LogP contribution in [0.1, 0.15) is 22.3 Å². The summed E-state index contributed by atoms with van der Waals surface area (Å²) < 4.78 is 1.70. The van der Waals surface area contributed by atoms with Crippen molar-refractivity contribution >= 4 is 34.9 Å². The number of aryl methyl sites for hydroxylation is 1. The number of carbonyl (C=O) groups is 1. The average Bonchev–Trinajstić information content (AvgIpc) is 3.30. The summed E-state index contributed by atoms with van der Waals surface area (Å²) in [6.07, 6.45) is 6.10. The number of anilines is 1. The molecule has 0 bridgehead atoms. The standard InChI is InChI=1S/C21H22Cl2N6O/c1-28-11-15(9-26-28)14-6-19(20(24)25-8-14)21(30)27-18-2-3-29(12-18)10-13-4-16(22)7-17(23)5-13/h4-9,11,18H,2-3,10,12H2,1H3,(H2,24,25)(H,27,30)/t18-/m1/s1. The van der Waals surface area contributed by atoms with Gasteiger partial charge < -0.3 is 11.1 Å². The molecule has 0 aliphatic carbocycles. The molecule has 1 atom stereocenters. The monoisotopic (exact) mass is 444 g/mol. The molecule has 3 aromatic rings. The van der Waals surface area contributed by atoms with E-state index in [1.807, 2.05) is 25.4 Å². The van der Waals surface area contributed by atoms with Crippen molar-refractivity contribution in [3.05, 3.63) is 64.0 Å².